The number of aromatic nitrogens is 3. The van der Waals surface area contributed by atoms with Crippen LogP contribution in [0.1, 0.15) is 46.5 Å². The van der Waals surface area contributed by atoms with Crippen LogP contribution in [-0.4, -0.2) is 32.5 Å². The lowest BCUT2D eigenvalue weighted by Gasteiger charge is -2.33. The van der Waals surface area contributed by atoms with Gasteiger partial charge in [0.25, 0.3) is 0 Å². The number of nitrogens with one attached hydrogen (secondary N) is 1. The van der Waals surface area contributed by atoms with Gasteiger partial charge in [-0.05, 0) is 54.8 Å². The van der Waals surface area contributed by atoms with Crippen LogP contribution >= 0.6 is 23.4 Å². The van der Waals surface area contributed by atoms with Gasteiger partial charge in [0.15, 0.2) is 11.6 Å². The Hall–Kier alpha value is -2.65. The normalized spacial score (nSPS) is 20.3. The zero-order valence-electron chi connectivity index (χ0n) is 16.0. The summed E-state index contributed by atoms with van der Waals surface area (Å²) >= 11 is 7.39. The van der Waals surface area contributed by atoms with Crippen LogP contribution in [0.2, 0.25) is 5.02 Å². The van der Waals surface area contributed by atoms with Gasteiger partial charge < -0.3 is 10.2 Å². The number of alkyl halides is 2. The molecule has 160 valence electrons. The van der Waals surface area contributed by atoms with Gasteiger partial charge in [-0.1, -0.05) is 35.5 Å². The van der Waals surface area contributed by atoms with Crippen molar-refractivity contribution in [1.82, 2.24) is 14.9 Å². The van der Waals surface area contributed by atoms with Crippen molar-refractivity contribution >= 4 is 29.1 Å². The highest BCUT2D eigenvalue weighted by atomic mass is 35.5. The number of rotatable bonds is 6. The highest BCUT2D eigenvalue weighted by Gasteiger charge is 2.40. The van der Waals surface area contributed by atoms with E-state index >= 15 is 0 Å². The second-order valence-corrected chi connectivity index (χ2v) is 8.96. The lowest BCUT2D eigenvalue weighted by atomic mass is 9.97. The Morgan fingerprint density at radius 2 is 1.84 bits per heavy atom. The first-order valence-electron chi connectivity index (χ1n) is 9.72. The number of nitrogens with zero attached hydrogens (tertiary/aromatic N) is 3. The first-order chi connectivity index (χ1) is 15.0. The Balaban J connectivity index is 1.48. The van der Waals surface area contributed by atoms with Crippen LogP contribution < -0.4 is 10.2 Å². The molecule has 1 N–H and O–H groups in total. The molecule has 10 heteroatoms. The molecule has 1 aliphatic heterocycles. The van der Waals surface area contributed by atoms with E-state index in [1.165, 1.54) is 36.0 Å². The van der Waals surface area contributed by atoms with Crippen molar-refractivity contribution < 1.29 is 18.3 Å². The summed E-state index contributed by atoms with van der Waals surface area (Å²) in [6.45, 7) is -2.92. The highest BCUT2D eigenvalue weighted by Crippen LogP contribution is 2.44. The minimum atomic E-state index is -2.92. The van der Waals surface area contributed by atoms with Crippen molar-refractivity contribution in [3.8, 4) is 5.75 Å². The summed E-state index contributed by atoms with van der Waals surface area (Å²) in [7, 11) is 0. The monoisotopic (exact) mass is 462 g/mol. The second kappa shape index (κ2) is 8.12. The smallest absolute Gasteiger partial charge is 0.387 e. The molecular weight excluding hydrogens is 446 g/mol. The van der Waals surface area contributed by atoms with E-state index in [0.717, 1.165) is 24.2 Å². The molecule has 0 radical (unpaired) electrons. The average Bonchev–Trinajstić information content (AvgIpc) is 3.52. The maximum absolute atomic E-state index is 13.4. The first-order valence-corrected chi connectivity index (χ1v) is 11.0. The summed E-state index contributed by atoms with van der Waals surface area (Å²) in [6.07, 6.45) is 2.15. The Morgan fingerprint density at radius 3 is 2.48 bits per heavy atom. The Labute approximate surface area is 185 Å². The summed E-state index contributed by atoms with van der Waals surface area (Å²) in [4.78, 5) is 13.4. The summed E-state index contributed by atoms with van der Waals surface area (Å²) in [5, 5.41) is 9.28. The number of benzene rings is 2. The van der Waals surface area contributed by atoms with Gasteiger partial charge in [0.2, 0.25) is 5.16 Å². The van der Waals surface area contributed by atoms with Gasteiger partial charge >= 0.3 is 6.61 Å². The Morgan fingerprint density at radius 1 is 1.13 bits per heavy atom. The fourth-order valence-electron chi connectivity index (χ4n) is 3.56. The molecule has 1 saturated carbocycles. The van der Waals surface area contributed by atoms with Gasteiger partial charge in [0.1, 0.15) is 11.0 Å². The summed E-state index contributed by atoms with van der Waals surface area (Å²) in [5.41, 5.74) is 4.72. The minimum Gasteiger partial charge on any atom is -0.435 e. The van der Waals surface area contributed by atoms with Gasteiger partial charge in [0.05, 0.1) is 6.04 Å². The van der Waals surface area contributed by atoms with E-state index < -0.39 is 11.9 Å². The number of carbonyl (C=O) groups excluding carboxylic acids is 1. The number of Topliss-reactive ketones (excluding diaryl/α,β-unsaturated/α-hetero) is 1. The standard InChI is InChI=1S/C21H17ClF2N4O2S/c22-14-7-3-11(4-8-14)16-18(17(29)12-5-9-15(10-6-12)30-20(23)24)31-21-26-25-19(13-1-2-13)28(21)27-16/h3-10,13,16,18,20,27H,1-2H2/t16-,18+/m1/s1. The zero-order chi connectivity index (χ0) is 21.5. The molecule has 1 aliphatic carbocycles. The van der Waals surface area contributed by atoms with Crippen LogP contribution in [0.15, 0.2) is 53.7 Å². The molecule has 2 atom stereocenters. The molecule has 3 aromatic rings. The minimum absolute atomic E-state index is 0.00374. The summed E-state index contributed by atoms with van der Waals surface area (Å²) in [6, 6.07) is 12.7. The fraction of sp³-hybridized carbons (Fsp3) is 0.286. The molecule has 0 saturated heterocycles. The van der Waals surface area contributed by atoms with Crippen molar-refractivity contribution in [3.05, 3.63) is 70.5 Å². The van der Waals surface area contributed by atoms with E-state index in [4.69, 9.17) is 11.6 Å². The number of ketones is 1. The van der Waals surface area contributed by atoms with Gasteiger partial charge in [0, 0.05) is 16.5 Å². The van der Waals surface area contributed by atoms with Crippen LogP contribution in [-0.2, 0) is 0 Å². The number of hydrogen-bond acceptors (Lipinski definition) is 6. The highest BCUT2D eigenvalue weighted by molar-refractivity contribution is 8.00. The molecule has 2 heterocycles. The van der Waals surface area contributed by atoms with Gasteiger partial charge in [-0.3, -0.25) is 4.79 Å². The summed E-state index contributed by atoms with van der Waals surface area (Å²) < 4.78 is 31.1. The molecule has 1 fully saturated rings. The largest absolute Gasteiger partial charge is 0.435 e. The lowest BCUT2D eigenvalue weighted by molar-refractivity contribution is -0.0498. The maximum atomic E-state index is 13.4. The van der Waals surface area contributed by atoms with Crippen molar-refractivity contribution in [2.45, 2.75) is 41.8 Å². The van der Waals surface area contributed by atoms with Gasteiger partial charge in [-0.25, -0.2) is 4.68 Å². The van der Waals surface area contributed by atoms with E-state index in [0.29, 0.717) is 21.7 Å². The summed E-state index contributed by atoms with van der Waals surface area (Å²) in [5.74, 6) is 1.11. The zero-order valence-corrected chi connectivity index (χ0v) is 17.6. The number of carbonyl (C=O) groups is 1. The second-order valence-electron chi connectivity index (χ2n) is 7.41. The van der Waals surface area contributed by atoms with Crippen molar-refractivity contribution in [2.24, 2.45) is 0 Å². The Bertz CT molecular complexity index is 1100. The Kier molecular flexibility index (Phi) is 5.31. The van der Waals surface area contributed by atoms with E-state index in [2.05, 4.69) is 20.4 Å². The van der Waals surface area contributed by atoms with Crippen molar-refractivity contribution in [3.63, 3.8) is 0 Å². The topological polar surface area (TPSA) is 69.0 Å². The molecule has 0 amide bonds. The molecule has 6 nitrogen and oxygen atoms in total. The third kappa shape index (κ3) is 4.12. The quantitative estimate of drug-likeness (QED) is 0.517. The average molecular weight is 463 g/mol. The fourth-order valence-corrected chi connectivity index (χ4v) is 4.85. The molecule has 1 aromatic heterocycles. The van der Waals surface area contributed by atoms with E-state index in [-0.39, 0.29) is 17.6 Å². The van der Waals surface area contributed by atoms with Crippen LogP contribution in [0.5, 0.6) is 5.75 Å². The molecule has 5 rings (SSSR count). The van der Waals surface area contributed by atoms with E-state index in [9.17, 15) is 13.6 Å². The van der Waals surface area contributed by atoms with Crippen LogP contribution in [0.25, 0.3) is 0 Å². The number of halogens is 3. The first kappa shape index (κ1) is 20.3. The van der Waals surface area contributed by atoms with Crippen molar-refractivity contribution in [1.29, 1.82) is 0 Å². The van der Waals surface area contributed by atoms with Crippen LogP contribution in [0.4, 0.5) is 8.78 Å². The predicted octanol–water partition coefficient (Wildman–Crippen LogP) is 5.05. The predicted molar refractivity (Wildman–Crippen MR) is 113 cm³/mol. The van der Waals surface area contributed by atoms with E-state index in [1.807, 2.05) is 16.8 Å². The molecule has 0 unspecified atom stereocenters. The van der Waals surface area contributed by atoms with Gasteiger partial charge in [-0.2, -0.15) is 8.78 Å². The molecule has 2 aromatic carbocycles. The molecular formula is C21H17ClF2N4O2S. The molecule has 0 spiro atoms. The third-order valence-electron chi connectivity index (χ3n) is 5.26. The molecule has 31 heavy (non-hydrogen) atoms. The van der Waals surface area contributed by atoms with Crippen LogP contribution in [0, 0.1) is 0 Å². The van der Waals surface area contributed by atoms with Crippen molar-refractivity contribution in [2.75, 3.05) is 5.43 Å². The third-order valence-corrected chi connectivity index (χ3v) is 6.72. The maximum Gasteiger partial charge on any atom is 0.387 e. The lowest BCUT2D eigenvalue weighted by Crippen LogP contribution is -2.39. The number of thioether (sulfide) groups is 1. The number of hydrogen-bond donors (Lipinski definition) is 1. The SMILES string of the molecule is O=C(c1ccc(OC(F)F)cc1)[C@H]1Sc2nnc(C3CC3)n2N[C@@H]1c1ccc(Cl)cc1. The molecule has 2 aliphatic rings. The number of ether oxygens (including phenoxy) is 1. The van der Waals surface area contributed by atoms with Gasteiger partial charge in [-0.15, -0.1) is 10.2 Å². The van der Waals surface area contributed by atoms with Crippen LogP contribution in [0.3, 0.4) is 0 Å². The van der Waals surface area contributed by atoms with E-state index in [1.54, 1.807) is 12.1 Å². The molecule has 0 bridgehead atoms. The number of fused-ring (bicyclic) bond motifs is 1.